The zero-order valence-corrected chi connectivity index (χ0v) is 17.2. The van der Waals surface area contributed by atoms with Crippen molar-refractivity contribution >= 4 is 5.78 Å². The van der Waals surface area contributed by atoms with Crippen LogP contribution in [0.3, 0.4) is 0 Å². The molecule has 152 valence electrons. The van der Waals surface area contributed by atoms with E-state index in [-0.39, 0.29) is 0 Å². The third kappa shape index (κ3) is 3.48. The maximum atomic E-state index is 5.44. The summed E-state index contributed by atoms with van der Waals surface area (Å²) in [7, 11) is 3.24. The Hall–Kier alpha value is -4.19. The SMILES string of the molecule is COc1ccc(-c2cn3nc(-c4ccccc4)c(-c4ccccc4)nc3n2)cc1OC. The van der Waals surface area contributed by atoms with Gasteiger partial charge in [0.1, 0.15) is 11.4 Å². The minimum absolute atomic E-state index is 0.531. The molecule has 0 radical (unpaired) electrons. The van der Waals surface area contributed by atoms with Crippen LogP contribution in [0.5, 0.6) is 11.5 Å². The van der Waals surface area contributed by atoms with Gasteiger partial charge in [-0.1, -0.05) is 60.7 Å². The van der Waals surface area contributed by atoms with Crippen LogP contribution in [0.2, 0.25) is 0 Å². The van der Waals surface area contributed by atoms with E-state index in [4.69, 9.17) is 24.5 Å². The Bertz CT molecular complexity index is 1270. The molecule has 0 fully saturated rings. The van der Waals surface area contributed by atoms with E-state index in [0.29, 0.717) is 17.3 Å². The second-order valence-corrected chi connectivity index (χ2v) is 6.98. The number of fused-ring (bicyclic) bond motifs is 1. The van der Waals surface area contributed by atoms with Crippen molar-refractivity contribution in [2.75, 3.05) is 14.2 Å². The Labute approximate surface area is 179 Å². The van der Waals surface area contributed by atoms with Crippen molar-refractivity contribution in [3.8, 4) is 45.3 Å². The molecule has 0 spiro atoms. The smallest absolute Gasteiger partial charge is 0.251 e. The zero-order valence-electron chi connectivity index (χ0n) is 17.2. The molecule has 3 aromatic carbocycles. The van der Waals surface area contributed by atoms with Crippen LogP contribution in [0.4, 0.5) is 0 Å². The number of ether oxygens (including phenoxy) is 2. The lowest BCUT2D eigenvalue weighted by atomic mass is 10.0. The summed E-state index contributed by atoms with van der Waals surface area (Å²) in [5, 5.41) is 4.88. The molecule has 6 nitrogen and oxygen atoms in total. The minimum Gasteiger partial charge on any atom is -0.493 e. The monoisotopic (exact) mass is 408 g/mol. The quantitative estimate of drug-likeness (QED) is 0.403. The van der Waals surface area contributed by atoms with E-state index in [2.05, 4.69) is 0 Å². The lowest BCUT2D eigenvalue weighted by Gasteiger charge is -2.08. The van der Waals surface area contributed by atoms with E-state index in [1.165, 1.54) is 0 Å². The summed E-state index contributed by atoms with van der Waals surface area (Å²) in [6, 6.07) is 25.8. The van der Waals surface area contributed by atoms with Gasteiger partial charge in [-0.3, -0.25) is 0 Å². The normalized spacial score (nSPS) is 10.9. The fraction of sp³-hybridized carbons (Fsp3) is 0.0800. The molecule has 0 aliphatic rings. The van der Waals surface area contributed by atoms with Crippen LogP contribution < -0.4 is 9.47 Å². The molecule has 0 saturated carbocycles. The summed E-state index contributed by atoms with van der Waals surface area (Å²) in [5.74, 6) is 1.85. The topological polar surface area (TPSA) is 61.5 Å². The summed E-state index contributed by atoms with van der Waals surface area (Å²) in [6.07, 6.45) is 1.88. The summed E-state index contributed by atoms with van der Waals surface area (Å²) < 4.78 is 12.5. The second-order valence-electron chi connectivity index (χ2n) is 6.98. The van der Waals surface area contributed by atoms with Gasteiger partial charge >= 0.3 is 0 Å². The van der Waals surface area contributed by atoms with Crippen molar-refractivity contribution < 1.29 is 9.47 Å². The molecule has 0 saturated heterocycles. The minimum atomic E-state index is 0.531. The first kappa shape index (κ1) is 18.8. The first-order valence-electron chi connectivity index (χ1n) is 9.87. The highest BCUT2D eigenvalue weighted by molar-refractivity contribution is 5.78. The average molecular weight is 408 g/mol. The molecule has 0 unspecified atom stereocenters. The van der Waals surface area contributed by atoms with E-state index >= 15 is 0 Å². The predicted octanol–water partition coefficient (Wildman–Crippen LogP) is 5.14. The highest BCUT2D eigenvalue weighted by Crippen LogP contribution is 2.33. The molecule has 2 heterocycles. The molecule has 0 aliphatic carbocycles. The van der Waals surface area contributed by atoms with E-state index in [9.17, 15) is 0 Å². The number of benzene rings is 3. The number of hydrogen-bond acceptors (Lipinski definition) is 5. The van der Waals surface area contributed by atoms with E-state index in [1.807, 2.05) is 85.1 Å². The van der Waals surface area contributed by atoms with Crippen LogP contribution in [-0.2, 0) is 0 Å². The second kappa shape index (κ2) is 7.91. The van der Waals surface area contributed by atoms with Crippen molar-refractivity contribution in [1.29, 1.82) is 0 Å². The van der Waals surface area contributed by atoms with Crippen molar-refractivity contribution in [2.45, 2.75) is 0 Å². The molecular formula is C25H20N4O2. The Morgan fingerprint density at radius 1 is 0.645 bits per heavy atom. The summed E-state index contributed by atoms with van der Waals surface area (Å²) in [5.41, 5.74) is 5.24. The Morgan fingerprint density at radius 3 is 1.94 bits per heavy atom. The fourth-order valence-corrected chi connectivity index (χ4v) is 3.54. The van der Waals surface area contributed by atoms with Crippen molar-refractivity contribution in [1.82, 2.24) is 19.6 Å². The zero-order chi connectivity index (χ0) is 21.2. The number of methoxy groups -OCH3 is 2. The van der Waals surface area contributed by atoms with Crippen LogP contribution in [0.1, 0.15) is 0 Å². The Balaban J connectivity index is 1.69. The number of nitrogens with zero attached hydrogens (tertiary/aromatic N) is 4. The van der Waals surface area contributed by atoms with Crippen LogP contribution in [0.25, 0.3) is 39.5 Å². The molecule has 0 amide bonds. The van der Waals surface area contributed by atoms with Crippen LogP contribution in [0.15, 0.2) is 85.1 Å². The van der Waals surface area contributed by atoms with Crippen LogP contribution in [-0.4, -0.2) is 33.8 Å². The van der Waals surface area contributed by atoms with E-state index in [1.54, 1.807) is 18.7 Å². The standard InChI is InChI=1S/C25H20N4O2/c1-30-21-14-13-19(15-22(21)31-2)20-16-29-25(26-20)27-23(17-9-5-3-6-10-17)24(28-29)18-11-7-4-8-12-18/h3-16H,1-2H3. The molecule has 0 bridgehead atoms. The summed E-state index contributed by atoms with van der Waals surface area (Å²) in [4.78, 5) is 9.61. The Kier molecular flexibility index (Phi) is 4.80. The third-order valence-corrected chi connectivity index (χ3v) is 5.09. The highest BCUT2D eigenvalue weighted by atomic mass is 16.5. The number of rotatable bonds is 5. The van der Waals surface area contributed by atoms with Crippen molar-refractivity contribution in [3.63, 3.8) is 0 Å². The van der Waals surface area contributed by atoms with Gasteiger partial charge < -0.3 is 9.47 Å². The summed E-state index contributed by atoms with van der Waals surface area (Å²) in [6.45, 7) is 0. The number of imidazole rings is 1. The van der Waals surface area contributed by atoms with Crippen LogP contribution >= 0.6 is 0 Å². The lowest BCUT2D eigenvalue weighted by Crippen LogP contribution is -2.00. The first-order chi connectivity index (χ1) is 15.3. The van der Waals surface area contributed by atoms with Gasteiger partial charge in [0.25, 0.3) is 5.78 Å². The van der Waals surface area contributed by atoms with Gasteiger partial charge in [0.05, 0.1) is 26.1 Å². The molecule has 0 atom stereocenters. The number of hydrogen-bond donors (Lipinski definition) is 0. The van der Waals surface area contributed by atoms with E-state index in [0.717, 1.165) is 33.8 Å². The average Bonchev–Trinajstić information content (AvgIpc) is 3.27. The molecule has 6 heteroatoms. The fourth-order valence-electron chi connectivity index (χ4n) is 3.54. The molecule has 31 heavy (non-hydrogen) atoms. The molecule has 2 aromatic heterocycles. The molecule has 0 aliphatic heterocycles. The molecular weight excluding hydrogens is 388 g/mol. The third-order valence-electron chi connectivity index (χ3n) is 5.09. The van der Waals surface area contributed by atoms with Crippen LogP contribution in [0, 0.1) is 0 Å². The van der Waals surface area contributed by atoms with Gasteiger partial charge in [-0.15, -0.1) is 0 Å². The van der Waals surface area contributed by atoms with Gasteiger partial charge in [0, 0.05) is 16.7 Å². The molecule has 0 N–H and O–H groups in total. The lowest BCUT2D eigenvalue weighted by molar-refractivity contribution is 0.355. The maximum absolute atomic E-state index is 5.44. The van der Waals surface area contributed by atoms with Gasteiger partial charge in [-0.25, -0.2) is 14.5 Å². The first-order valence-corrected chi connectivity index (χ1v) is 9.87. The van der Waals surface area contributed by atoms with E-state index < -0.39 is 0 Å². The van der Waals surface area contributed by atoms with Gasteiger partial charge in [-0.2, -0.15) is 5.10 Å². The maximum Gasteiger partial charge on any atom is 0.251 e. The summed E-state index contributed by atoms with van der Waals surface area (Å²) >= 11 is 0. The van der Waals surface area contributed by atoms with Crippen molar-refractivity contribution in [2.24, 2.45) is 0 Å². The predicted molar refractivity (Wildman–Crippen MR) is 120 cm³/mol. The largest absolute Gasteiger partial charge is 0.493 e. The van der Waals surface area contributed by atoms with Gasteiger partial charge in [-0.05, 0) is 18.2 Å². The Morgan fingerprint density at radius 2 is 1.29 bits per heavy atom. The highest BCUT2D eigenvalue weighted by Gasteiger charge is 2.16. The number of aromatic nitrogens is 4. The van der Waals surface area contributed by atoms with Crippen molar-refractivity contribution in [3.05, 3.63) is 85.1 Å². The molecule has 5 aromatic rings. The van der Waals surface area contributed by atoms with Gasteiger partial charge in [0.2, 0.25) is 0 Å². The molecule has 5 rings (SSSR count). The van der Waals surface area contributed by atoms with Gasteiger partial charge in [0.15, 0.2) is 11.5 Å².